The zero-order chi connectivity index (χ0) is 21.1. The van der Waals surface area contributed by atoms with E-state index in [1.54, 1.807) is 30.4 Å². The van der Waals surface area contributed by atoms with E-state index < -0.39 is 21.5 Å². The molecule has 0 bridgehead atoms. The van der Waals surface area contributed by atoms with Gasteiger partial charge in [0.15, 0.2) is 9.84 Å². The molecule has 0 radical (unpaired) electrons. The molecule has 0 saturated carbocycles. The van der Waals surface area contributed by atoms with Crippen LogP contribution in [-0.2, 0) is 9.84 Å². The molecule has 30 heavy (non-hydrogen) atoms. The van der Waals surface area contributed by atoms with Gasteiger partial charge in [0, 0.05) is 17.3 Å². The summed E-state index contributed by atoms with van der Waals surface area (Å²) in [4.78, 5) is 3.31. The molecule has 152 valence electrons. The first kappa shape index (κ1) is 20.0. The number of sulfone groups is 1. The van der Waals surface area contributed by atoms with Gasteiger partial charge >= 0.3 is 0 Å². The molecule has 5 rings (SSSR count). The molecule has 1 N–H and O–H groups in total. The Balaban J connectivity index is 0.000000200. The number of rotatable bonds is 3. The zero-order valence-electron chi connectivity index (χ0n) is 15.9. The summed E-state index contributed by atoms with van der Waals surface area (Å²) >= 11 is 0. The second-order valence-electron chi connectivity index (χ2n) is 6.89. The third kappa shape index (κ3) is 3.91. The molecular formula is C24H19F2NO2S. The van der Waals surface area contributed by atoms with Crippen LogP contribution in [0.5, 0.6) is 0 Å². The summed E-state index contributed by atoms with van der Waals surface area (Å²) in [5, 5.41) is 0.367. The van der Waals surface area contributed by atoms with Crippen LogP contribution in [0.15, 0.2) is 96.0 Å². The first-order valence-corrected chi connectivity index (χ1v) is 10.9. The molecule has 0 fully saturated rings. The maximum absolute atomic E-state index is 12.8. The highest BCUT2D eigenvalue weighted by molar-refractivity contribution is 7.91. The predicted molar refractivity (Wildman–Crippen MR) is 115 cm³/mol. The van der Waals surface area contributed by atoms with Crippen molar-refractivity contribution in [1.82, 2.24) is 4.98 Å². The lowest BCUT2D eigenvalue weighted by atomic mass is 10.1. The van der Waals surface area contributed by atoms with Crippen molar-refractivity contribution in [2.75, 3.05) is 0 Å². The van der Waals surface area contributed by atoms with E-state index in [2.05, 4.69) is 23.2 Å². The Morgan fingerprint density at radius 1 is 0.867 bits per heavy atom. The van der Waals surface area contributed by atoms with Crippen LogP contribution in [-0.4, -0.2) is 13.4 Å². The summed E-state index contributed by atoms with van der Waals surface area (Å²) in [7, 11) is -3.63. The Hall–Kier alpha value is -3.25. The van der Waals surface area contributed by atoms with E-state index in [0.717, 1.165) is 0 Å². The molecule has 1 aliphatic rings. The number of benzene rings is 3. The van der Waals surface area contributed by atoms with E-state index in [4.69, 9.17) is 0 Å². The van der Waals surface area contributed by atoms with Crippen LogP contribution in [0.3, 0.4) is 0 Å². The first-order chi connectivity index (χ1) is 14.5. The second kappa shape index (κ2) is 8.24. The summed E-state index contributed by atoms with van der Waals surface area (Å²) in [6.45, 7) is 0. The van der Waals surface area contributed by atoms with Gasteiger partial charge in [0.25, 0.3) is 6.43 Å². The smallest absolute Gasteiger partial charge is 0.263 e. The van der Waals surface area contributed by atoms with Gasteiger partial charge in [0.2, 0.25) is 0 Å². The highest BCUT2D eigenvalue weighted by Crippen LogP contribution is 2.39. The molecule has 1 unspecified atom stereocenters. The fourth-order valence-corrected chi connectivity index (χ4v) is 5.10. The predicted octanol–water partition coefficient (Wildman–Crippen LogP) is 6.33. The van der Waals surface area contributed by atoms with E-state index in [9.17, 15) is 17.2 Å². The van der Waals surface area contributed by atoms with Crippen molar-refractivity contribution < 1.29 is 17.2 Å². The lowest BCUT2D eigenvalue weighted by molar-refractivity contribution is 0.151. The Bertz CT molecular complexity index is 1270. The Labute approximate surface area is 173 Å². The summed E-state index contributed by atoms with van der Waals surface area (Å²) < 4.78 is 50.9. The molecule has 1 aromatic heterocycles. The summed E-state index contributed by atoms with van der Waals surface area (Å²) in [5.74, 6) is 0. The summed E-state index contributed by atoms with van der Waals surface area (Å²) in [5.41, 5.74) is 2.13. The normalized spacial score (nSPS) is 15.1. The average molecular weight is 423 g/mol. The van der Waals surface area contributed by atoms with Crippen molar-refractivity contribution >= 4 is 26.8 Å². The van der Waals surface area contributed by atoms with Gasteiger partial charge in [0.1, 0.15) is 5.25 Å². The quantitative estimate of drug-likeness (QED) is 0.418. The fraction of sp³-hybridized carbons (Fsp3) is 0.0833. The molecule has 3 aromatic carbocycles. The van der Waals surface area contributed by atoms with E-state index in [1.807, 2.05) is 18.3 Å². The number of halogens is 2. The number of H-pyrrole nitrogens is 1. The number of aromatic amines is 1. The van der Waals surface area contributed by atoms with Crippen LogP contribution in [0, 0.1) is 0 Å². The van der Waals surface area contributed by atoms with Crippen molar-refractivity contribution in [2.45, 2.75) is 16.6 Å². The number of alkyl halides is 2. The van der Waals surface area contributed by atoms with Gasteiger partial charge in [-0.25, -0.2) is 17.2 Å². The van der Waals surface area contributed by atoms with Crippen LogP contribution in [0.4, 0.5) is 8.78 Å². The molecule has 3 nitrogen and oxygen atoms in total. The lowest BCUT2D eigenvalue weighted by Crippen LogP contribution is -2.11. The average Bonchev–Trinajstić information content (AvgIpc) is 3.41. The van der Waals surface area contributed by atoms with Gasteiger partial charge in [-0.3, -0.25) is 0 Å². The van der Waals surface area contributed by atoms with Gasteiger partial charge in [0.05, 0.1) is 4.90 Å². The van der Waals surface area contributed by atoms with E-state index >= 15 is 0 Å². The van der Waals surface area contributed by atoms with Crippen LogP contribution in [0.25, 0.3) is 17.0 Å². The number of aromatic nitrogens is 1. The van der Waals surface area contributed by atoms with Gasteiger partial charge in [-0.2, -0.15) is 0 Å². The molecule has 1 heterocycles. The van der Waals surface area contributed by atoms with Crippen molar-refractivity contribution in [3.8, 4) is 0 Å². The lowest BCUT2D eigenvalue weighted by Gasteiger charge is -2.14. The Morgan fingerprint density at radius 3 is 2.33 bits per heavy atom. The monoisotopic (exact) mass is 423 g/mol. The molecular weight excluding hydrogens is 404 g/mol. The van der Waals surface area contributed by atoms with Crippen molar-refractivity contribution in [2.24, 2.45) is 0 Å². The maximum atomic E-state index is 12.8. The fourth-order valence-electron chi connectivity index (χ4n) is 3.44. The molecule has 1 atom stereocenters. The SMILES string of the molecule is O=S(=O)(c1ccccc1)C1C=Cc2ccc(C(F)F)cc21.c1ccc2[nH]ccc2c1. The van der Waals surface area contributed by atoms with E-state index in [1.165, 1.54) is 41.2 Å². The molecule has 0 aliphatic heterocycles. The summed E-state index contributed by atoms with van der Waals surface area (Å²) in [6.07, 6.45) is 2.54. The van der Waals surface area contributed by atoms with Gasteiger partial charge in [-0.05, 0) is 46.8 Å². The second-order valence-corrected chi connectivity index (χ2v) is 8.96. The number of nitrogens with one attached hydrogen (secondary N) is 1. The molecule has 0 amide bonds. The van der Waals surface area contributed by atoms with Crippen LogP contribution in [0.1, 0.15) is 28.4 Å². The van der Waals surface area contributed by atoms with Gasteiger partial charge < -0.3 is 4.98 Å². The largest absolute Gasteiger partial charge is 0.361 e. The van der Waals surface area contributed by atoms with Crippen molar-refractivity contribution in [3.63, 3.8) is 0 Å². The van der Waals surface area contributed by atoms with E-state index in [-0.39, 0.29) is 10.5 Å². The highest BCUT2D eigenvalue weighted by atomic mass is 32.2. The van der Waals surface area contributed by atoms with Crippen LogP contribution in [0.2, 0.25) is 0 Å². The first-order valence-electron chi connectivity index (χ1n) is 9.38. The minimum absolute atomic E-state index is 0.161. The third-order valence-electron chi connectivity index (χ3n) is 4.99. The highest BCUT2D eigenvalue weighted by Gasteiger charge is 2.31. The summed E-state index contributed by atoms with van der Waals surface area (Å²) in [6, 6.07) is 22.5. The van der Waals surface area contributed by atoms with Crippen molar-refractivity contribution in [3.05, 3.63) is 108 Å². The number of hydrogen-bond acceptors (Lipinski definition) is 2. The maximum Gasteiger partial charge on any atom is 0.263 e. The Kier molecular flexibility index (Phi) is 5.50. The van der Waals surface area contributed by atoms with Crippen LogP contribution >= 0.6 is 0 Å². The van der Waals surface area contributed by atoms with Crippen LogP contribution < -0.4 is 0 Å². The minimum Gasteiger partial charge on any atom is -0.361 e. The zero-order valence-corrected chi connectivity index (χ0v) is 16.7. The topological polar surface area (TPSA) is 49.9 Å². The van der Waals surface area contributed by atoms with E-state index in [0.29, 0.717) is 11.1 Å². The molecule has 0 saturated heterocycles. The van der Waals surface area contributed by atoms with Gasteiger partial charge in [-0.1, -0.05) is 60.7 Å². The van der Waals surface area contributed by atoms with Crippen molar-refractivity contribution in [1.29, 1.82) is 0 Å². The molecule has 4 aromatic rings. The molecule has 1 aliphatic carbocycles. The molecule has 6 heteroatoms. The third-order valence-corrected chi connectivity index (χ3v) is 7.00. The number of fused-ring (bicyclic) bond motifs is 2. The minimum atomic E-state index is -3.63. The standard InChI is InChI=1S/C16H12F2O2S.C8H7N/c17-16(18)12-7-6-11-8-9-15(14(11)10-12)21(19,20)13-4-2-1-3-5-13;1-2-4-8-7(3-1)5-6-9-8/h1-10,15-16H;1-6,9H. The molecule has 0 spiro atoms. The van der Waals surface area contributed by atoms with Gasteiger partial charge in [-0.15, -0.1) is 0 Å². The Morgan fingerprint density at radius 2 is 1.60 bits per heavy atom. The number of para-hydroxylation sites is 1. The number of hydrogen-bond donors (Lipinski definition) is 1.